The third-order valence-corrected chi connectivity index (χ3v) is 3.37. The highest BCUT2D eigenvalue weighted by molar-refractivity contribution is 6.30. The highest BCUT2D eigenvalue weighted by Gasteiger charge is 2.16. The maximum Gasteiger partial charge on any atom is 0.310 e. The molecule has 24 heavy (non-hydrogen) atoms. The first-order chi connectivity index (χ1) is 11.5. The minimum absolute atomic E-state index is 0.00807. The molecule has 9 heteroatoms. The molecule has 0 aliphatic rings. The van der Waals surface area contributed by atoms with E-state index in [1.165, 1.54) is 0 Å². The van der Waals surface area contributed by atoms with E-state index in [9.17, 15) is 4.79 Å². The lowest BCUT2D eigenvalue weighted by Crippen LogP contribution is -2.14. The van der Waals surface area contributed by atoms with E-state index in [2.05, 4.69) is 20.3 Å². The normalized spacial score (nSPS) is 10.3. The second-order valence-electron chi connectivity index (χ2n) is 4.72. The minimum Gasteiger partial charge on any atom is -0.497 e. The molecule has 8 nitrogen and oxygen atoms in total. The van der Waals surface area contributed by atoms with Crippen LogP contribution in [0.5, 0.6) is 5.75 Å². The summed E-state index contributed by atoms with van der Waals surface area (Å²) in [5, 5.41) is 3.18. The van der Waals surface area contributed by atoms with E-state index in [1.54, 1.807) is 32.4 Å². The fourth-order valence-electron chi connectivity index (χ4n) is 1.99. The smallest absolute Gasteiger partial charge is 0.310 e. The first-order valence-electron chi connectivity index (χ1n) is 7.23. The number of esters is 1. The summed E-state index contributed by atoms with van der Waals surface area (Å²) in [6, 6.07) is 3.53. The fraction of sp³-hybridized carbons (Fsp3) is 0.333. The molecule has 0 atom stereocenters. The van der Waals surface area contributed by atoms with Gasteiger partial charge in [0.2, 0.25) is 5.95 Å². The number of pyridine rings is 1. The monoisotopic (exact) mass is 351 g/mol. The predicted octanol–water partition coefficient (Wildman–Crippen LogP) is 1.83. The van der Waals surface area contributed by atoms with E-state index in [0.717, 1.165) is 5.69 Å². The Balaban J connectivity index is 2.19. The van der Waals surface area contributed by atoms with Crippen LogP contribution in [0.3, 0.4) is 0 Å². The molecular formula is C15H18ClN5O3. The quantitative estimate of drug-likeness (QED) is 0.574. The van der Waals surface area contributed by atoms with Gasteiger partial charge in [0.25, 0.3) is 0 Å². The Morgan fingerprint density at radius 1 is 1.42 bits per heavy atom. The molecule has 2 aromatic rings. The van der Waals surface area contributed by atoms with Crippen molar-refractivity contribution in [1.82, 2.24) is 15.0 Å². The second kappa shape index (κ2) is 8.30. The number of nitrogens with one attached hydrogen (secondary N) is 1. The number of nitrogens with zero attached hydrogens (tertiary/aromatic N) is 3. The summed E-state index contributed by atoms with van der Waals surface area (Å²) in [7, 11) is 1.58. The molecule has 0 aromatic carbocycles. The summed E-state index contributed by atoms with van der Waals surface area (Å²) in [5.41, 5.74) is 6.78. The van der Waals surface area contributed by atoms with Gasteiger partial charge >= 0.3 is 5.97 Å². The van der Waals surface area contributed by atoms with E-state index >= 15 is 0 Å². The van der Waals surface area contributed by atoms with Crippen molar-refractivity contribution in [3.05, 3.63) is 34.7 Å². The highest BCUT2D eigenvalue weighted by Crippen LogP contribution is 2.24. The predicted molar refractivity (Wildman–Crippen MR) is 89.9 cm³/mol. The maximum atomic E-state index is 11.7. The Kier molecular flexibility index (Phi) is 6.14. The van der Waals surface area contributed by atoms with Crippen molar-refractivity contribution in [2.75, 3.05) is 24.8 Å². The van der Waals surface area contributed by atoms with E-state index in [0.29, 0.717) is 23.7 Å². The summed E-state index contributed by atoms with van der Waals surface area (Å²) in [6.45, 7) is 2.36. The number of carbonyl (C=O) groups is 1. The summed E-state index contributed by atoms with van der Waals surface area (Å²) in [5.74, 6) is 0.642. The zero-order chi connectivity index (χ0) is 17.5. The van der Waals surface area contributed by atoms with Crippen molar-refractivity contribution < 1.29 is 14.3 Å². The van der Waals surface area contributed by atoms with Crippen molar-refractivity contribution in [2.24, 2.45) is 0 Å². The van der Waals surface area contributed by atoms with E-state index in [-0.39, 0.29) is 24.1 Å². The van der Waals surface area contributed by atoms with Gasteiger partial charge in [-0.05, 0) is 13.0 Å². The average Bonchev–Trinajstić information content (AvgIpc) is 2.56. The number of hydrogen-bond acceptors (Lipinski definition) is 8. The minimum atomic E-state index is -0.421. The van der Waals surface area contributed by atoms with Crippen LogP contribution in [0.15, 0.2) is 18.3 Å². The number of carbonyl (C=O) groups excluding carboxylic acids is 1. The van der Waals surface area contributed by atoms with Gasteiger partial charge in [-0.15, -0.1) is 0 Å². The van der Waals surface area contributed by atoms with Gasteiger partial charge in [0.15, 0.2) is 0 Å². The van der Waals surface area contributed by atoms with Gasteiger partial charge in [0.1, 0.15) is 16.7 Å². The van der Waals surface area contributed by atoms with E-state index in [1.807, 2.05) is 0 Å². The molecular weight excluding hydrogens is 334 g/mol. The third-order valence-electron chi connectivity index (χ3n) is 3.06. The molecule has 0 amide bonds. The molecule has 2 aromatic heterocycles. The lowest BCUT2D eigenvalue weighted by Gasteiger charge is -2.12. The first-order valence-corrected chi connectivity index (χ1v) is 7.61. The van der Waals surface area contributed by atoms with Gasteiger partial charge in [-0.1, -0.05) is 11.6 Å². The SMILES string of the molecule is CCOC(=O)Cc1c(Cl)nc(N)nc1NCc1cc(OC)ccn1. The highest BCUT2D eigenvalue weighted by atomic mass is 35.5. The van der Waals surface area contributed by atoms with E-state index < -0.39 is 5.97 Å². The number of ether oxygens (including phenoxy) is 2. The van der Waals surface area contributed by atoms with Crippen LogP contribution in [-0.2, 0) is 22.5 Å². The number of nitrogen functional groups attached to an aromatic ring is 1. The lowest BCUT2D eigenvalue weighted by molar-refractivity contribution is -0.142. The van der Waals surface area contributed by atoms with Gasteiger partial charge in [-0.25, -0.2) is 4.98 Å². The zero-order valence-electron chi connectivity index (χ0n) is 13.4. The lowest BCUT2D eigenvalue weighted by atomic mass is 10.2. The van der Waals surface area contributed by atoms with Crippen LogP contribution in [0, 0.1) is 0 Å². The number of rotatable bonds is 7. The van der Waals surface area contributed by atoms with Crippen molar-refractivity contribution in [1.29, 1.82) is 0 Å². The molecule has 0 saturated heterocycles. The largest absolute Gasteiger partial charge is 0.497 e. The number of halogens is 1. The molecule has 2 rings (SSSR count). The average molecular weight is 352 g/mol. The number of hydrogen-bond donors (Lipinski definition) is 2. The van der Waals surface area contributed by atoms with Gasteiger partial charge in [0, 0.05) is 17.8 Å². The summed E-state index contributed by atoms with van der Waals surface area (Å²) >= 11 is 6.09. The Morgan fingerprint density at radius 2 is 2.21 bits per heavy atom. The summed E-state index contributed by atoms with van der Waals surface area (Å²) in [6.07, 6.45) is 1.58. The van der Waals surface area contributed by atoms with Crippen molar-refractivity contribution >= 4 is 29.3 Å². The van der Waals surface area contributed by atoms with Crippen LogP contribution in [0.1, 0.15) is 18.2 Å². The molecule has 128 valence electrons. The molecule has 3 N–H and O–H groups in total. The third kappa shape index (κ3) is 4.69. The number of aromatic nitrogens is 3. The number of anilines is 2. The van der Waals surface area contributed by atoms with E-state index in [4.69, 9.17) is 26.8 Å². The molecule has 0 bridgehead atoms. The molecule has 0 saturated carbocycles. The van der Waals surface area contributed by atoms with Crippen LogP contribution in [0.2, 0.25) is 5.15 Å². The fourth-order valence-corrected chi connectivity index (χ4v) is 2.23. The number of methoxy groups -OCH3 is 1. The Hall–Kier alpha value is -2.61. The topological polar surface area (TPSA) is 112 Å². The van der Waals surface area contributed by atoms with Crippen LogP contribution in [0.25, 0.3) is 0 Å². The van der Waals surface area contributed by atoms with Crippen molar-refractivity contribution in [2.45, 2.75) is 19.9 Å². The molecule has 0 spiro atoms. The second-order valence-corrected chi connectivity index (χ2v) is 5.08. The summed E-state index contributed by atoms with van der Waals surface area (Å²) in [4.78, 5) is 23.9. The maximum absolute atomic E-state index is 11.7. The van der Waals surface area contributed by atoms with Gasteiger partial charge < -0.3 is 20.5 Å². The van der Waals surface area contributed by atoms with Crippen LogP contribution in [0.4, 0.5) is 11.8 Å². The summed E-state index contributed by atoms with van der Waals surface area (Å²) < 4.78 is 10.1. The molecule has 0 aliphatic heterocycles. The van der Waals surface area contributed by atoms with Crippen molar-refractivity contribution in [3.63, 3.8) is 0 Å². The Labute approximate surface area is 144 Å². The van der Waals surface area contributed by atoms with Crippen LogP contribution < -0.4 is 15.8 Å². The van der Waals surface area contributed by atoms with Gasteiger partial charge in [-0.2, -0.15) is 4.98 Å². The molecule has 0 radical (unpaired) electrons. The van der Waals surface area contributed by atoms with Gasteiger partial charge in [-0.3, -0.25) is 9.78 Å². The van der Waals surface area contributed by atoms with Crippen LogP contribution in [-0.4, -0.2) is 34.6 Å². The molecule has 0 aliphatic carbocycles. The van der Waals surface area contributed by atoms with Crippen LogP contribution >= 0.6 is 11.6 Å². The zero-order valence-corrected chi connectivity index (χ0v) is 14.1. The molecule has 0 unspecified atom stereocenters. The van der Waals surface area contributed by atoms with Crippen molar-refractivity contribution in [3.8, 4) is 5.75 Å². The molecule has 2 heterocycles. The Morgan fingerprint density at radius 3 is 2.92 bits per heavy atom. The van der Waals surface area contributed by atoms with Gasteiger partial charge in [0.05, 0.1) is 32.4 Å². The first kappa shape index (κ1) is 17.7. The number of nitrogens with two attached hydrogens (primary N) is 1. The molecule has 0 fully saturated rings. The Bertz CT molecular complexity index is 726. The standard InChI is InChI=1S/C15H18ClN5O3/c1-3-24-12(22)7-11-13(16)20-15(17)21-14(11)19-8-9-6-10(23-2)4-5-18-9/h4-6H,3,7-8H2,1-2H3,(H3,17,19,20,21).